The average Bonchev–Trinajstić information content (AvgIpc) is 2.69. The molecule has 0 heterocycles. The number of hydrogen-bond acceptors (Lipinski definition) is 2. The van der Waals surface area contributed by atoms with E-state index in [1.54, 1.807) is 0 Å². The van der Waals surface area contributed by atoms with Crippen molar-refractivity contribution in [3.63, 3.8) is 0 Å². The highest BCUT2D eigenvalue weighted by atomic mass is 19.2. The molecular weight excluding hydrogens is 402 g/mol. The van der Waals surface area contributed by atoms with E-state index in [9.17, 15) is 27.5 Å². The number of carbonyl (C=O) groups excluding carboxylic acids is 1. The molecule has 5 nitrogen and oxygen atoms in total. The number of aliphatic hydroxyl groups is 1. The number of guanidine groups is 1. The second kappa shape index (κ2) is 9.71. The lowest BCUT2D eigenvalue weighted by Crippen LogP contribution is -2.45. The maximum absolute atomic E-state index is 13.4. The van der Waals surface area contributed by atoms with Crippen LogP contribution >= 0.6 is 0 Å². The SMILES string of the molecule is O=C(/N=C(/NCc1cc(F)cc(F)c1)N[C@H]1CC[C@H](O)CC1)c1ccc(F)c(F)c1. The molecule has 0 aliphatic heterocycles. The summed E-state index contributed by atoms with van der Waals surface area (Å²) in [5, 5.41) is 15.5. The van der Waals surface area contributed by atoms with E-state index in [0.717, 1.165) is 36.4 Å². The Morgan fingerprint density at radius 1 is 0.967 bits per heavy atom. The molecule has 0 spiro atoms. The first-order valence-electron chi connectivity index (χ1n) is 9.51. The molecule has 3 rings (SSSR count). The molecule has 9 heteroatoms. The summed E-state index contributed by atoms with van der Waals surface area (Å²) in [6, 6.07) is 5.64. The Bertz CT molecular complexity index is 924. The lowest BCUT2D eigenvalue weighted by atomic mass is 9.93. The summed E-state index contributed by atoms with van der Waals surface area (Å²) in [4.78, 5) is 16.3. The van der Waals surface area contributed by atoms with Crippen molar-refractivity contribution in [3.8, 4) is 0 Å². The van der Waals surface area contributed by atoms with Crippen molar-refractivity contribution < 1.29 is 27.5 Å². The second-order valence-corrected chi connectivity index (χ2v) is 7.18. The van der Waals surface area contributed by atoms with Gasteiger partial charge in [0.05, 0.1) is 6.10 Å². The van der Waals surface area contributed by atoms with Crippen LogP contribution in [0.4, 0.5) is 17.6 Å². The third kappa shape index (κ3) is 6.03. The second-order valence-electron chi connectivity index (χ2n) is 7.18. The van der Waals surface area contributed by atoms with Crippen LogP contribution in [0.5, 0.6) is 0 Å². The van der Waals surface area contributed by atoms with Crippen molar-refractivity contribution in [1.29, 1.82) is 0 Å². The fourth-order valence-electron chi connectivity index (χ4n) is 3.23. The highest BCUT2D eigenvalue weighted by Gasteiger charge is 2.21. The minimum atomic E-state index is -1.17. The van der Waals surface area contributed by atoms with Crippen molar-refractivity contribution in [1.82, 2.24) is 10.6 Å². The molecule has 1 aliphatic rings. The Kier molecular flexibility index (Phi) is 7.04. The van der Waals surface area contributed by atoms with Gasteiger partial charge in [0.25, 0.3) is 5.91 Å². The normalized spacial score (nSPS) is 19.4. The first-order valence-corrected chi connectivity index (χ1v) is 9.51. The predicted octanol–water partition coefficient (Wildman–Crippen LogP) is 3.42. The van der Waals surface area contributed by atoms with Gasteiger partial charge in [-0.1, -0.05) is 0 Å². The van der Waals surface area contributed by atoms with Crippen LogP contribution in [0.3, 0.4) is 0 Å². The average molecular weight is 423 g/mol. The van der Waals surface area contributed by atoms with Crippen LogP contribution in [0.25, 0.3) is 0 Å². The summed E-state index contributed by atoms with van der Waals surface area (Å²) < 4.78 is 53.4. The summed E-state index contributed by atoms with van der Waals surface area (Å²) in [6.07, 6.45) is 2.05. The Balaban J connectivity index is 1.77. The van der Waals surface area contributed by atoms with E-state index >= 15 is 0 Å². The molecule has 0 bridgehead atoms. The van der Waals surface area contributed by atoms with Crippen LogP contribution in [0.15, 0.2) is 41.4 Å². The monoisotopic (exact) mass is 423 g/mol. The number of hydrogen-bond donors (Lipinski definition) is 3. The molecule has 0 unspecified atom stereocenters. The van der Waals surface area contributed by atoms with Crippen LogP contribution in [0, 0.1) is 23.3 Å². The van der Waals surface area contributed by atoms with E-state index in [-0.39, 0.29) is 30.2 Å². The van der Waals surface area contributed by atoms with E-state index in [1.165, 1.54) is 0 Å². The molecule has 1 aliphatic carbocycles. The van der Waals surface area contributed by atoms with Gasteiger partial charge < -0.3 is 15.7 Å². The number of amides is 1. The molecule has 160 valence electrons. The van der Waals surface area contributed by atoms with Crippen LogP contribution in [-0.4, -0.2) is 29.1 Å². The van der Waals surface area contributed by atoms with Crippen molar-refractivity contribution in [2.24, 2.45) is 4.99 Å². The maximum Gasteiger partial charge on any atom is 0.280 e. The Hall–Kier alpha value is -2.94. The number of nitrogens with zero attached hydrogens (tertiary/aromatic N) is 1. The van der Waals surface area contributed by atoms with Crippen molar-refractivity contribution >= 4 is 11.9 Å². The van der Waals surface area contributed by atoms with Gasteiger partial charge in [-0.2, -0.15) is 4.99 Å². The van der Waals surface area contributed by atoms with Gasteiger partial charge in [0.15, 0.2) is 17.6 Å². The summed E-state index contributed by atoms with van der Waals surface area (Å²) >= 11 is 0. The fraction of sp³-hybridized carbons (Fsp3) is 0.333. The Morgan fingerprint density at radius 2 is 1.63 bits per heavy atom. The van der Waals surface area contributed by atoms with Gasteiger partial charge in [0, 0.05) is 24.2 Å². The smallest absolute Gasteiger partial charge is 0.280 e. The summed E-state index contributed by atoms with van der Waals surface area (Å²) in [5.74, 6) is -4.51. The van der Waals surface area contributed by atoms with E-state index in [1.807, 2.05) is 0 Å². The van der Waals surface area contributed by atoms with E-state index < -0.39 is 29.2 Å². The van der Waals surface area contributed by atoms with Gasteiger partial charge in [0.2, 0.25) is 0 Å². The molecule has 0 aromatic heterocycles. The molecule has 3 N–H and O–H groups in total. The zero-order valence-corrected chi connectivity index (χ0v) is 16.0. The molecule has 30 heavy (non-hydrogen) atoms. The quantitative estimate of drug-likeness (QED) is 0.400. The minimum Gasteiger partial charge on any atom is -0.393 e. The lowest BCUT2D eigenvalue weighted by molar-refractivity contribution is 0.1000. The number of aliphatic imine (C=N–C) groups is 1. The largest absolute Gasteiger partial charge is 0.393 e. The van der Waals surface area contributed by atoms with E-state index in [0.29, 0.717) is 31.2 Å². The van der Waals surface area contributed by atoms with Crippen LogP contribution < -0.4 is 10.6 Å². The molecule has 1 amide bonds. The summed E-state index contributed by atoms with van der Waals surface area (Å²) in [6.45, 7) is -0.0269. The van der Waals surface area contributed by atoms with Gasteiger partial charge in [-0.25, -0.2) is 17.6 Å². The molecule has 0 saturated heterocycles. The molecule has 2 aromatic carbocycles. The van der Waals surface area contributed by atoms with Gasteiger partial charge in [-0.15, -0.1) is 0 Å². The topological polar surface area (TPSA) is 73.7 Å². The predicted molar refractivity (Wildman–Crippen MR) is 103 cm³/mol. The molecule has 0 radical (unpaired) electrons. The number of carbonyl (C=O) groups is 1. The molecule has 1 fully saturated rings. The Labute approximate surface area is 170 Å². The third-order valence-electron chi connectivity index (χ3n) is 4.80. The molecule has 1 saturated carbocycles. The van der Waals surface area contributed by atoms with Crippen molar-refractivity contribution in [2.75, 3.05) is 0 Å². The van der Waals surface area contributed by atoms with Crippen LogP contribution in [-0.2, 0) is 6.54 Å². The van der Waals surface area contributed by atoms with E-state index in [2.05, 4.69) is 15.6 Å². The molecule has 0 atom stereocenters. The van der Waals surface area contributed by atoms with Gasteiger partial charge in [-0.3, -0.25) is 4.79 Å². The molecule has 2 aromatic rings. The fourth-order valence-corrected chi connectivity index (χ4v) is 3.23. The van der Waals surface area contributed by atoms with Crippen molar-refractivity contribution in [3.05, 3.63) is 70.8 Å². The maximum atomic E-state index is 13.4. The summed E-state index contributed by atoms with van der Waals surface area (Å²) in [7, 11) is 0. The third-order valence-corrected chi connectivity index (χ3v) is 4.80. The van der Waals surface area contributed by atoms with Gasteiger partial charge in [-0.05, 0) is 61.6 Å². The molecular formula is C21H21F4N3O2. The van der Waals surface area contributed by atoms with E-state index in [4.69, 9.17) is 0 Å². The van der Waals surface area contributed by atoms with Gasteiger partial charge >= 0.3 is 0 Å². The zero-order chi connectivity index (χ0) is 21.7. The first kappa shape index (κ1) is 21.8. The Morgan fingerprint density at radius 3 is 2.27 bits per heavy atom. The van der Waals surface area contributed by atoms with Gasteiger partial charge in [0.1, 0.15) is 11.6 Å². The van der Waals surface area contributed by atoms with Crippen LogP contribution in [0.1, 0.15) is 41.6 Å². The highest BCUT2D eigenvalue weighted by Crippen LogP contribution is 2.18. The summed E-state index contributed by atoms with van der Waals surface area (Å²) in [5.41, 5.74) is 0.146. The first-order chi connectivity index (χ1) is 14.3. The number of aliphatic hydroxyl groups excluding tert-OH is 1. The zero-order valence-electron chi connectivity index (χ0n) is 16.0. The highest BCUT2D eigenvalue weighted by molar-refractivity contribution is 6.02. The minimum absolute atomic E-state index is 0.0269. The van der Waals surface area contributed by atoms with Crippen molar-refractivity contribution in [2.45, 2.75) is 44.4 Å². The number of nitrogens with one attached hydrogen (secondary N) is 2. The number of benzene rings is 2. The standard InChI is InChI=1S/C21H21F4N3O2/c22-14-7-12(8-15(23)10-14)11-26-21(27-16-2-4-17(29)5-3-16)28-20(30)13-1-6-18(24)19(25)9-13/h1,6-10,16-17,29H,2-5,11H2,(H2,26,27,28,30)/t16-,17-. The number of rotatable bonds is 4. The lowest BCUT2D eigenvalue weighted by Gasteiger charge is -2.27. The number of halogens is 4. The van der Waals surface area contributed by atoms with Crippen LogP contribution in [0.2, 0.25) is 0 Å².